The normalized spacial score (nSPS) is 9.58. The number of benzene rings is 1. The number of carbonyl (C=O) groups is 1. The predicted molar refractivity (Wildman–Crippen MR) is 37.1 cm³/mol. The largest absolute Gasteiger partial charge is 0.458 e. The molecule has 0 amide bonds. The van der Waals surface area contributed by atoms with Gasteiger partial charge in [-0.1, -0.05) is 6.07 Å². The summed E-state index contributed by atoms with van der Waals surface area (Å²) in [5.74, 6) is -3.30. The Kier molecular flexibility index (Phi) is 2.38. The third kappa shape index (κ3) is 1.42. The molecular formula is C8H5F2O2. The average Bonchev–Trinajstić information content (AvgIpc) is 2.08. The van der Waals surface area contributed by atoms with Crippen molar-refractivity contribution in [3.63, 3.8) is 0 Å². The van der Waals surface area contributed by atoms with Crippen molar-refractivity contribution in [2.75, 3.05) is 0 Å². The Morgan fingerprint density at radius 2 is 2.08 bits per heavy atom. The Labute approximate surface area is 67.8 Å². The number of hydrogen-bond donors (Lipinski definition) is 0. The van der Waals surface area contributed by atoms with Gasteiger partial charge in [0, 0.05) is 0 Å². The van der Waals surface area contributed by atoms with Crippen molar-refractivity contribution in [2.45, 2.75) is 0 Å². The van der Waals surface area contributed by atoms with Gasteiger partial charge in [-0.3, -0.25) is 0 Å². The second-order valence-corrected chi connectivity index (χ2v) is 2.03. The highest BCUT2D eigenvalue weighted by Crippen LogP contribution is 2.11. The Morgan fingerprint density at radius 1 is 1.42 bits per heavy atom. The van der Waals surface area contributed by atoms with Crippen LogP contribution in [0.3, 0.4) is 0 Å². The number of rotatable bonds is 1. The van der Waals surface area contributed by atoms with E-state index in [0.717, 1.165) is 12.1 Å². The van der Waals surface area contributed by atoms with E-state index >= 15 is 0 Å². The van der Waals surface area contributed by atoms with Crippen LogP contribution in [0.1, 0.15) is 10.4 Å². The smallest absolute Gasteiger partial charge is 0.341 e. The summed E-state index contributed by atoms with van der Waals surface area (Å²) in [5, 5.41) is 0. The van der Waals surface area contributed by atoms with Crippen LogP contribution in [0.4, 0.5) is 8.78 Å². The summed E-state index contributed by atoms with van der Waals surface area (Å²) in [6, 6.07) is 3.24. The van der Waals surface area contributed by atoms with E-state index < -0.39 is 23.2 Å². The lowest BCUT2D eigenvalue weighted by atomic mass is 10.2. The Balaban J connectivity index is 3.16. The van der Waals surface area contributed by atoms with E-state index in [1.54, 1.807) is 0 Å². The van der Waals surface area contributed by atoms with Crippen molar-refractivity contribution in [3.05, 3.63) is 42.5 Å². The summed E-state index contributed by atoms with van der Waals surface area (Å²) < 4.78 is 29.2. The zero-order valence-electron chi connectivity index (χ0n) is 6.01. The van der Waals surface area contributed by atoms with Gasteiger partial charge in [0.2, 0.25) is 0 Å². The van der Waals surface area contributed by atoms with Crippen LogP contribution in [-0.4, -0.2) is 5.97 Å². The SMILES string of the molecule is [CH2]OC(=O)c1cccc(F)c1F. The van der Waals surface area contributed by atoms with Crippen molar-refractivity contribution in [1.82, 2.24) is 0 Å². The first-order chi connectivity index (χ1) is 5.66. The number of carbonyl (C=O) groups excluding carboxylic acids is 1. The average molecular weight is 171 g/mol. The van der Waals surface area contributed by atoms with Crippen molar-refractivity contribution < 1.29 is 18.3 Å². The maximum absolute atomic E-state index is 12.7. The molecule has 0 heterocycles. The van der Waals surface area contributed by atoms with Gasteiger partial charge in [0.25, 0.3) is 0 Å². The zero-order chi connectivity index (χ0) is 9.14. The van der Waals surface area contributed by atoms with E-state index in [9.17, 15) is 13.6 Å². The van der Waals surface area contributed by atoms with E-state index in [4.69, 9.17) is 0 Å². The van der Waals surface area contributed by atoms with Crippen LogP contribution in [0.25, 0.3) is 0 Å². The van der Waals surface area contributed by atoms with Crippen molar-refractivity contribution >= 4 is 5.97 Å². The summed E-state index contributed by atoms with van der Waals surface area (Å²) in [4.78, 5) is 10.7. The van der Waals surface area contributed by atoms with Crippen LogP contribution in [-0.2, 0) is 4.74 Å². The molecule has 0 atom stereocenters. The van der Waals surface area contributed by atoms with Crippen molar-refractivity contribution in [1.29, 1.82) is 0 Å². The molecule has 0 bridgehead atoms. The van der Waals surface area contributed by atoms with E-state index in [1.165, 1.54) is 6.07 Å². The van der Waals surface area contributed by atoms with E-state index in [1.807, 2.05) is 0 Å². The molecule has 0 saturated heterocycles. The van der Waals surface area contributed by atoms with Crippen LogP contribution in [0.5, 0.6) is 0 Å². The minimum Gasteiger partial charge on any atom is -0.458 e. The van der Waals surface area contributed by atoms with Gasteiger partial charge in [-0.2, -0.15) is 0 Å². The molecule has 0 aliphatic carbocycles. The summed E-state index contributed by atoms with van der Waals surface area (Å²) in [6.07, 6.45) is 0. The fourth-order valence-corrected chi connectivity index (χ4v) is 0.739. The van der Waals surface area contributed by atoms with E-state index in [2.05, 4.69) is 11.8 Å². The molecule has 0 fully saturated rings. The molecule has 0 spiro atoms. The second-order valence-electron chi connectivity index (χ2n) is 2.03. The molecule has 0 saturated carbocycles. The second kappa shape index (κ2) is 3.30. The Morgan fingerprint density at radius 3 is 2.67 bits per heavy atom. The molecule has 0 N–H and O–H groups in total. The molecule has 1 rings (SSSR count). The molecule has 0 aromatic heterocycles. The quantitative estimate of drug-likeness (QED) is 0.603. The monoisotopic (exact) mass is 171 g/mol. The Bertz CT molecular complexity index is 310. The fraction of sp³-hybridized carbons (Fsp3) is 0. The van der Waals surface area contributed by atoms with Gasteiger partial charge >= 0.3 is 5.97 Å². The van der Waals surface area contributed by atoms with Gasteiger partial charge in [0.15, 0.2) is 11.6 Å². The van der Waals surface area contributed by atoms with Crippen LogP contribution >= 0.6 is 0 Å². The predicted octanol–water partition coefficient (Wildman–Crippen LogP) is 1.91. The molecule has 1 aromatic carbocycles. The van der Waals surface area contributed by atoms with Crippen LogP contribution in [0.2, 0.25) is 0 Å². The highest BCUT2D eigenvalue weighted by atomic mass is 19.2. The molecule has 0 aliphatic heterocycles. The van der Waals surface area contributed by atoms with Gasteiger partial charge in [-0.15, -0.1) is 0 Å². The van der Waals surface area contributed by atoms with E-state index in [-0.39, 0.29) is 0 Å². The maximum Gasteiger partial charge on any atom is 0.341 e. The highest BCUT2D eigenvalue weighted by molar-refractivity contribution is 5.89. The van der Waals surface area contributed by atoms with Crippen molar-refractivity contribution in [3.8, 4) is 0 Å². The summed E-state index contributed by atoms with van der Waals surface area (Å²) >= 11 is 0. The molecule has 2 nitrogen and oxygen atoms in total. The minimum absolute atomic E-state index is 0.454. The first-order valence-corrected chi connectivity index (χ1v) is 3.07. The fourth-order valence-electron chi connectivity index (χ4n) is 0.739. The number of halogens is 2. The molecule has 0 unspecified atom stereocenters. The standard InChI is InChI=1S/C8H5F2O2/c1-12-8(11)5-3-2-4-6(9)7(5)10/h2-4H,1H2. The van der Waals surface area contributed by atoms with Gasteiger partial charge < -0.3 is 4.74 Å². The van der Waals surface area contributed by atoms with Gasteiger partial charge in [-0.25, -0.2) is 13.6 Å². The lowest BCUT2D eigenvalue weighted by molar-refractivity contribution is 0.0647. The molecule has 4 heteroatoms. The lowest BCUT2D eigenvalue weighted by Gasteiger charge is -1.99. The van der Waals surface area contributed by atoms with Crippen LogP contribution in [0.15, 0.2) is 18.2 Å². The lowest BCUT2D eigenvalue weighted by Crippen LogP contribution is -2.04. The number of ether oxygens (including phenoxy) is 1. The molecule has 0 aliphatic rings. The van der Waals surface area contributed by atoms with Gasteiger partial charge in [0.1, 0.15) is 7.11 Å². The molecule has 1 aromatic rings. The molecule has 12 heavy (non-hydrogen) atoms. The number of esters is 1. The van der Waals surface area contributed by atoms with E-state index in [0.29, 0.717) is 0 Å². The summed E-state index contributed by atoms with van der Waals surface area (Å²) in [5.41, 5.74) is -0.454. The summed E-state index contributed by atoms with van der Waals surface area (Å²) in [7, 11) is 2.79. The minimum atomic E-state index is -1.22. The van der Waals surface area contributed by atoms with Crippen LogP contribution in [0, 0.1) is 18.7 Å². The number of hydrogen-bond acceptors (Lipinski definition) is 2. The zero-order valence-corrected chi connectivity index (χ0v) is 6.01. The summed E-state index contributed by atoms with van der Waals surface area (Å²) in [6.45, 7) is 0. The Hall–Kier alpha value is -1.45. The molecular weight excluding hydrogens is 166 g/mol. The first kappa shape index (κ1) is 8.64. The maximum atomic E-state index is 12.7. The van der Waals surface area contributed by atoms with Crippen molar-refractivity contribution in [2.24, 2.45) is 0 Å². The van der Waals surface area contributed by atoms with Gasteiger partial charge in [0.05, 0.1) is 5.56 Å². The molecule has 1 radical (unpaired) electrons. The highest BCUT2D eigenvalue weighted by Gasteiger charge is 2.14. The molecule has 63 valence electrons. The van der Waals surface area contributed by atoms with Crippen LogP contribution < -0.4 is 0 Å². The topological polar surface area (TPSA) is 26.3 Å². The first-order valence-electron chi connectivity index (χ1n) is 3.07. The van der Waals surface area contributed by atoms with Gasteiger partial charge in [-0.05, 0) is 12.1 Å². The third-order valence-corrected chi connectivity index (χ3v) is 1.30. The third-order valence-electron chi connectivity index (χ3n) is 1.30.